The minimum Gasteiger partial charge on any atom is -0.381 e. The quantitative estimate of drug-likeness (QED) is 0.861. The van der Waals surface area contributed by atoms with Gasteiger partial charge in [-0.25, -0.2) is 4.98 Å². The molecule has 5 heteroatoms. The normalized spacial score (nSPS) is 22.7. The topological polar surface area (TPSA) is 73.1 Å². The van der Waals surface area contributed by atoms with E-state index in [1.54, 1.807) is 7.11 Å². The lowest BCUT2D eigenvalue weighted by molar-refractivity contribution is 0.0328. The number of rotatable bonds is 3. The van der Waals surface area contributed by atoms with Crippen LogP contribution in [0.2, 0.25) is 0 Å². The van der Waals surface area contributed by atoms with Crippen LogP contribution in [0.3, 0.4) is 0 Å². The predicted octanol–water partition coefficient (Wildman–Crippen LogP) is 1.80. The van der Waals surface area contributed by atoms with Gasteiger partial charge in [0.1, 0.15) is 5.82 Å². The van der Waals surface area contributed by atoms with E-state index in [1.165, 1.54) is 0 Å². The summed E-state index contributed by atoms with van der Waals surface area (Å²) in [5.41, 5.74) is 6.60. The smallest absolute Gasteiger partial charge is 0.222 e. The fourth-order valence-corrected chi connectivity index (χ4v) is 2.27. The van der Waals surface area contributed by atoms with Gasteiger partial charge in [0.25, 0.3) is 0 Å². The van der Waals surface area contributed by atoms with Crippen molar-refractivity contribution in [1.29, 1.82) is 0 Å². The van der Waals surface area contributed by atoms with Gasteiger partial charge in [-0.15, -0.1) is 0 Å². The Morgan fingerprint density at radius 3 is 2.83 bits per heavy atom. The fraction of sp³-hybridized carbons (Fsp3) is 0.385. The number of anilines is 2. The molecule has 1 heterocycles. The number of ether oxygens (including phenoxy) is 1. The van der Waals surface area contributed by atoms with Gasteiger partial charge >= 0.3 is 0 Å². The first kappa shape index (κ1) is 11.2. The summed E-state index contributed by atoms with van der Waals surface area (Å²) >= 11 is 0. The van der Waals surface area contributed by atoms with Crippen LogP contribution >= 0.6 is 0 Å². The summed E-state index contributed by atoms with van der Waals surface area (Å²) < 4.78 is 5.27. The van der Waals surface area contributed by atoms with Crippen molar-refractivity contribution in [1.82, 2.24) is 9.97 Å². The number of hydrogen-bond donors (Lipinski definition) is 2. The molecule has 0 bridgehead atoms. The molecule has 1 aromatic heterocycles. The summed E-state index contributed by atoms with van der Waals surface area (Å²) in [5.74, 6) is 1.12. The van der Waals surface area contributed by atoms with Crippen LogP contribution in [0.15, 0.2) is 24.3 Å². The molecule has 0 saturated heterocycles. The first-order chi connectivity index (χ1) is 8.76. The van der Waals surface area contributed by atoms with Gasteiger partial charge in [-0.1, -0.05) is 12.1 Å². The molecule has 3 N–H and O–H groups in total. The molecular formula is C13H16N4O. The van der Waals surface area contributed by atoms with Crippen LogP contribution in [0.25, 0.3) is 10.9 Å². The van der Waals surface area contributed by atoms with E-state index in [1.807, 2.05) is 24.3 Å². The molecule has 94 valence electrons. The van der Waals surface area contributed by atoms with Crippen molar-refractivity contribution in [3.63, 3.8) is 0 Å². The Kier molecular flexibility index (Phi) is 2.76. The van der Waals surface area contributed by atoms with Gasteiger partial charge in [0.2, 0.25) is 5.95 Å². The van der Waals surface area contributed by atoms with Gasteiger partial charge in [0.15, 0.2) is 0 Å². The van der Waals surface area contributed by atoms with Crippen LogP contribution in [0, 0.1) is 0 Å². The molecular weight excluding hydrogens is 228 g/mol. The highest BCUT2D eigenvalue weighted by Gasteiger charge is 2.29. The number of nitrogen functional groups attached to an aromatic ring is 1. The number of nitrogens with two attached hydrogens (primary N) is 1. The Morgan fingerprint density at radius 1 is 1.28 bits per heavy atom. The lowest BCUT2D eigenvalue weighted by Gasteiger charge is -2.35. The van der Waals surface area contributed by atoms with Crippen molar-refractivity contribution in [3.8, 4) is 0 Å². The number of aromatic nitrogens is 2. The Morgan fingerprint density at radius 2 is 2.06 bits per heavy atom. The van der Waals surface area contributed by atoms with Crippen molar-refractivity contribution >= 4 is 22.7 Å². The summed E-state index contributed by atoms with van der Waals surface area (Å²) in [6.07, 6.45) is 2.39. The maximum absolute atomic E-state index is 5.73. The monoisotopic (exact) mass is 244 g/mol. The van der Waals surface area contributed by atoms with Crippen molar-refractivity contribution in [2.24, 2.45) is 0 Å². The molecule has 1 aliphatic rings. The third-order valence-electron chi connectivity index (χ3n) is 3.39. The molecule has 0 radical (unpaired) electrons. The molecule has 3 rings (SSSR count). The van der Waals surface area contributed by atoms with E-state index >= 15 is 0 Å². The van der Waals surface area contributed by atoms with Gasteiger partial charge in [0.05, 0.1) is 11.6 Å². The summed E-state index contributed by atoms with van der Waals surface area (Å²) in [6, 6.07) is 8.28. The Labute approximate surface area is 105 Å². The van der Waals surface area contributed by atoms with Crippen molar-refractivity contribution in [2.45, 2.75) is 25.0 Å². The number of nitrogens with zero attached hydrogens (tertiary/aromatic N) is 2. The molecule has 2 aromatic rings. The summed E-state index contributed by atoms with van der Waals surface area (Å²) in [7, 11) is 1.75. The van der Waals surface area contributed by atoms with Crippen LogP contribution in [0.4, 0.5) is 11.8 Å². The third-order valence-corrected chi connectivity index (χ3v) is 3.39. The molecule has 1 aliphatic carbocycles. The zero-order chi connectivity index (χ0) is 12.5. The number of nitrogens with one attached hydrogen (secondary N) is 1. The van der Waals surface area contributed by atoms with E-state index in [-0.39, 0.29) is 0 Å². The number of fused-ring (bicyclic) bond motifs is 1. The second-order valence-corrected chi connectivity index (χ2v) is 4.62. The van der Waals surface area contributed by atoms with Gasteiger partial charge in [-0.3, -0.25) is 0 Å². The average molecular weight is 244 g/mol. The molecule has 1 aromatic carbocycles. The summed E-state index contributed by atoms with van der Waals surface area (Å²) in [4.78, 5) is 8.51. The van der Waals surface area contributed by atoms with Crippen molar-refractivity contribution in [3.05, 3.63) is 24.3 Å². The van der Waals surface area contributed by atoms with E-state index in [9.17, 15) is 0 Å². The number of methoxy groups -OCH3 is 1. The number of para-hydroxylation sites is 1. The van der Waals surface area contributed by atoms with E-state index in [2.05, 4.69) is 15.3 Å². The minimum atomic E-state index is 0.304. The highest BCUT2D eigenvalue weighted by Crippen LogP contribution is 2.28. The third kappa shape index (κ3) is 1.97. The van der Waals surface area contributed by atoms with Crippen LogP contribution in [-0.2, 0) is 4.74 Å². The highest BCUT2D eigenvalue weighted by atomic mass is 16.5. The van der Waals surface area contributed by atoms with Gasteiger partial charge in [0, 0.05) is 18.5 Å². The zero-order valence-electron chi connectivity index (χ0n) is 10.3. The predicted molar refractivity (Wildman–Crippen MR) is 71.4 cm³/mol. The van der Waals surface area contributed by atoms with Gasteiger partial charge in [-0.2, -0.15) is 4.98 Å². The SMILES string of the molecule is COC1CC(Nc2nc(N)nc3ccccc23)C1. The second kappa shape index (κ2) is 4.42. The van der Waals surface area contributed by atoms with Crippen molar-refractivity contribution in [2.75, 3.05) is 18.2 Å². The fourth-order valence-electron chi connectivity index (χ4n) is 2.27. The zero-order valence-corrected chi connectivity index (χ0v) is 10.3. The maximum atomic E-state index is 5.73. The molecule has 0 spiro atoms. The van der Waals surface area contributed by atoms with Gasteiger partial charge in [-0.05, 0) is 25.0 Å². The minimum absolute atomic E-state index is 0.304. The summed E-state index contributed by atoms with van der Waals surface area (Å²) in [6.45, 7) is 0. The largest absolute Gasteiger partial charge is 0.381 e. The molecule has 5 nitrogen and oxygen atoms in total. The van der Waals surface area contributed by atoms with E-state index < -0.39 is 0 Å². The standard InChI is InChI=1S/C13H16N4O/c1-18-9-6-8(7-9)15-12-10-4-2-3-5-11(10)16-13(14)17-12/h2-5,8-9H,6-7H2,1H3,(H3,14,15,16,17). The first-order valence-electron chi connectivity index (χ1n) is 6.08. The molecule has 18 heavy (non-hydrogen) atoms. The van der Waals surface area contributed by atoms with Crippen LogP contribution in [0.5, 0.6) is 0 Å². The number of benzene rings is 1. The molecule has 0 aliphatic heterocycles. The molecule has 1 fully saturated rings. The van der Waals surface area contributed by atoms with Crippen LogP contribution in [0.1, 0.15) is 12.8 Å². The van der Waals surface area contributed by atoms with E-state index in [4.69, 9.17) is 10.5 Å². The van der Waals surface area contributed by atoms with E-state index in [0.29, 0.717) is 18.1 Å². The molecule has 0 amide bonds. The Hall–Kier alpha value is -1.88. The Balaban J connectivity index is 1.87. The lowest BCUT2D eigenvalue weighted by atomic mass is 9.89. The van der Waals surface area contributed by atoms with Crippen LogP contribution in [-0.4, -0.2) is 29.2 Å². The van der Waals surface area contributed by atoms with Crippen molar-refractivity contribution < 1.29 is 4.74 Å². The van der Waals surface area contributed by atoms with Gasteiger partial charge < -0.3 is 15.8 Å². The second-order valence-electron chi connectivity index (χ2n) is 4.62. The first-order valence-corrected chi connectivity index (χ1v) is 6.08. The molecule has 0 atom stereocenters. The molecule has 1 saturated carbocycles. The molecule has 0 unspecified atom stereocenters. The van der Waals surface area contributed by atoms with E-state index in [0.717, 1.165) is 29.6 Å². The van der Waals surface area contributed by atoms with Crippen LogP contribution < -0.4 is 11.1 Å². The Bertz CT molecular complexity index is 566. The number of hydrogen-bond acceptors (Lipinski definition) is 5. The maximum Gasteiger partial charge on any atom is 0.222 e. The highest BCUT2D eigenvalue weighted by molar-refractivity contribution is 5.89. The average Bonchev–Trinajstić information content (AvgIpc) is 2.32. The summed E-state index contributed by atoms with van der Waals surface area (Å²) in [5, 5.41) is 4.42. The lowest BCUT2D eigenvalue weighted by Crippen LogP contribution is -2.40.